The van der Waals surface area contributed by atoms with Crippen LogP contribution in [0.3, 0.4) is 0 Å². The minimum Gasteiger partial charge on any atom is -0.469 e. The van der Waals surface area contributed by atoms with Gasteiger partial charge >= 0.3 is 18.2 Å². The zero-order chi connectivity index (χ0) is 27.8. The molecule has 3 amide bonds. The Balaban J connectivity index is 0.000000237. The number of nitrogens with two attached hydrogens (primary N) is 1. The molecule has 6 aliphatic carbocycles. The van der Waals surface area contributed by atoms with E-state index in [1.807, 2.05) is 41.5 Å². The van der Waals surface area contributed by atoms with Crippen molar-refractivity contribution in [3.8, 4) is 0 Å². The zero-order valence-electron chi connectivity index (χ0n) is 22.6. The first-order valence-electron chi connectivity index (χ1n) is 12.0. The maximum atomic E-state index is 11.6. The van der Waals surface area contributed by atoms with Gasteiger partial charge in [-0.1, -0.05) is 0 Å². The van der Waals surface area contributed by atoms with Gasteiger partial charge in [-0.15, -0.1) is 0 Å². The predicted octanol–water partition coefficient (Wildman–Crippen LogP) is 1.64. The number of hydrazine groups is 1. The Morgan fingerprint density at radius 1 is 0.722 bits per heavy atom. The van der Waals surface area contributed by atoms with Crippen molar-refractivity contribution < 1.29 is 38.5 Å². The fourth-order valence-electron chi connectivity index (χ4n) is 5.71. The van der Waals surface area contributed by atoms with Crippen LogP contribution >= 0.6 is 0 Å². The van der Waals surface area contributed by atoms with Gasteiger partial charge in [0.25, 0.3) is 0 Å². The van der Waals surface area contributed by atoms with E-state index in [0.717, 1.165) is 7.11 Å². The van der Waals surface area contributed by atoms with Crippen molar-refractivity contribution in [2.45, 2.75) is 102 Å². The van der Waals surface area contributed by atoms with Gasteiger partial charge in [0.15, 0.2) is 0 Å². The van der Waals surface area contributed by atoms with Gasteiger partial charge in [-0.25, -0.2) is 15.4 Å². The lowest BCUT2D eigenvalue weighted by molar-refractivity contribution is -0.200. The van der Waals surface area contributed by atoms with Crippen molar-refractivity contribution in [1.82, 2.24) is 16.1 Å². The summed E-state index contributed by atoms with van der Waals surface area (Å²) in [5.41, 5.74) is 0.0388. The first-order valence-corrected chi connectivity index (χ1v) is 12.0. The Morgan fingerprint density at radius 2 is 1.06 bits per heavy atom. The third kappa shape index (κ3) is 6.03. The molecule has 0 aromatic carbocycles. The van der Waals surface area contributed by atoms with Crippen LogP contribution < -0.4 is 21.9 Å². The fourth-order valence-corrected chi connectivity index (χ4v) is 5.71. The van der Waals surface area contributed by atoms with E-state index >= 15 is 0 Å². The number of alkyl carbamates (subject to hydrolysis) is 2. The van der Waals surface area contributed by atoms with Crippen LogP contribution in [0.25, 0.3) is 0 Å². The Hall–Kier alpha value is -2.60. The van der Waals surface area contributed by atoms with Crippen LogP contribution in [-0.2, 0) is 23.8 Å². The zero-order valence-corrected chi connectivity index (χ0v) is 22.6. The molecule has 0 spiro atoms. The predicted molar refractivity (Wildman–Crippen MR) is 129 cm³/mol. The highest BCUT2D eigenvalue weighted by molar-refractivity contribution is 5.87. The second-order valence-corrected chi connectivity index (χ2v) is 12.4. The van der Waals surface area contributed by atoms with Crippen molar-refractivity contribution in [3.05, 3.63) is 0 Å². The van der Waals surface area contributed by atoms with E-state index in [4.69, 9.17) is 25.2 Å². The molecule has 6 rings (SSSR count). The van der Waals surface area contributed by atoms with E-state index in [1.54, 1.807) is 0 Å². The second-order valence-electron chi connectivity index (χ2n) is 12.4. The Kier molecular flexibility index (Phi) is 7.98. The lowest BCUT2D eigenvalue weighted by Gasteiger charge is -2.68. The second kappa shape index (κ2) is 9.70. The highest BCUT2D eigenvalue weighted by Gasteiger charge is 2.73. The third-order valence-corrected chi connectivity index (χ3v) is 6.82. The molecule has 6 N–H and O–H groups in total. The molecule has 4 bridgehead atoms. The molecule has 0 aromatic rings. The maximum Gasteiger partial charge on any atom is 0.408 e. The maximum absolute atomic E-state index is 11.6. The SMILES string of the molecule is CC(C)(C)OC(=O)NC12CC(C(=O)NN)(C1)C2.CO.COC(=O)C12CC(NC(=O)OC(C)(C)C)(C1)C2. The van der Waals surface area contributed by atoms with Crippen LogP contribution in [0.4, 0.5) is 9.59 Å². The number of methoxy groups -OCH3 is 1. The molecule has 6 aliphatic rings. The number of amides is 3. The van der Waals surface area contributed by atoms with Crippen LogP contribution in [0.15, 0.2) is 0 Å². The van der Waals surface area contributed by atoms with Crippen LogP contribution in [0.1, 0.15) is 80.1 Å². The Bertz CT molecular complexity index is 778. The quantitative estimate of drug-likeness (QED) is 0.123. The normalized spacial score (nSPS) is 32.4. The molecule has 206 valence electrons. The molecular formula is C24H42N4O8. The summed E-state index contributed by atoms with van der Waals surface area (Å²) >= 11 is 0. The first-order chi connectivity index (χ1) is 16.4. The number of aliphatic hydroxyl groups excluding tert-OH is 1. The van der Waals surface area contributed by atoms with E-state index in [2.05, 4.69) is 16.1 Å². The van der Waals surface area contributed by atoms with E-state index in [1.165, 1.54) is 7.11 Å². The summed E-state index contributed by atoms with van der Waals surface area (Å²) in [6, 6.07) is 0. The molecule has 6 saturated carbocycles. The average Bonchev–Trinajstić information content (AvgIpc) is 2.63. The Morgan fingerprint density at radius 3 is 1.33 bits per heavy atom. The number of rotatable bonds is 4. The van der Waals surface area contributed by atoms with E-state index in [-0.39, 0.29) is 33.8 Å². The summed E-state index contributed by atoms with van der Waals surface area (Å²) in [4.78, 5) is 46.0. The molecule has 0 saturated heterocycles. The Labute approximate surface area is 212 Å². The van der Waals surface area contributed by atoms with Crippen LogP contribution in [0.5, 0.6) is 0 Å². The van der Waals surface area contributed by atoms with Crippen molar-refractivity contribution >= 4 is 24.1 Å². The highest BCUT2D eigenvalue weighted by Crippen LogP contribution is 2.68. The van der Waals surface area contributed by atoms with E-state index in [0.29, 0.717) is 38.5 Å². The van der Waals surface area contributed by atoms with Gasteiger partial charge in [0.05, 0.1) is 17.9 Å². The van der Waals surface area contributed by atoms with E-state index < -0.39 is 23.4 Å². The molecule has 0 unspecified atom stereocenters. The number of ether oxygens (including phenoxy) is 3. The third-order valence-electron chi connectivity index (χ3n) is 6.82. The first kappa shape index (κ1) is 29.6. The molecule has 12 nitrogen and oxygen atoms in total. The van der Waals surface area contributed by atoms with Gasteiger partial charge in [0.1, 0.15) is 11.2 Å². The molecule has 0 aliphatic heterocycles. The van der Waals surface area contributed by atoms with Crippen LogP contribution in [0, 0.1) is 10.8 Å². The van der Waals surface area contributed by atoms with Crippen molar-refractivity contribution in [3.63, 3.8) is 0 Å². The van der Waals surface area contributed by atoms with Gasteiger partial charge in [0, 0.05) is 18.2 Å². The molecule has 0 aromatic heterocycles. The van der Waals surface area contributed by atoms with Crippen LogP contribution in [-0.4, -0.2) is 65.7 Å². The van der Waals surface area contributed by atoms with Crippen molar-refractivity contribution in [2.75, 3.05) is 14.2 Å². The van der Waals surface area contributed by atoms with E-state index in [9.17, 15) is 19.2 Å². The van der Waals surface area contributed by atoms with Gasteiger partial charge in [-0.2, -0.15) is 0 Å². The number of carbonyl (C=O) groups is 4. The standard InChI is InChI=1S/C12H19NO4.C11H19N3O3.CH4O/c1-10(2,3)17-9(15)13-12-5-11(6-12,7-12)8(14)16-4;1-9(2,3)17-8(16)13-11-4-10(5-11,6-11)7(15)14-12;1-2/h5-7H2,1-4H3,(H,13,15);4-6,12H2,1-3H3,(H,13,16)(H,14,15);2H,1H3. The lowest BCUT2D eigenvalue weighted by atomic mass is 9.39. The summed E-state index contributed by atoms with van der Waals surface area (Å²) < 4.78 is 15.1. The molecular weight excluding hydrogens is 472 g/mol. The number of aliphatic hydroxyl groups is 1. The van der Waals surface area contributed by atoms with Crippen molar-refractivity contribution in [1.29, 1.82) is 0 Å². The lowest BCUT2D eigenvalue weighted by Crippen LogP contribution is -2.78. The summed E-state index contributed by atoms with van der Waals surface area (Å²) in [6.07, 6.45) is 3.16. The molecule has 0 radical (unpaired) electrons. The number of carbonyl (C=O) groups excluding carboxylic acids is 4. The molecule has 6 fully saturated rings. The molecule has 0 heterocycles. The van der Waals surface area contributed by atoms with Crippen LogP contribution in [0.2, 0.25) is 0 Å². The largest absolute Gasteiger partial charge is 0.469 e. The summed E-state index contributed by atoms with van der Waals surface area (Å²) in [7, 11) is 2.40. The van der Waals surface area contributed by atoms with Gasteiger partial charge < -0.3 is 30.0 Å². The molecule has 36 heavy (non-hydrogen) atoms. The minimum atomic E-state index is -0.500. The van der Waals surface area contributed by atoms with Crippen molar-refractivity contribution in [2.24, 2.45) is 16.7 Å². The minimum absolute atomic E-state index is 0.134. The number of hydrogen-bond acceptors (Lipinski definition) is 9. The summed E-state index contributed by atoms with van der Waals surface area (Å²) in [6.45, 7) is 10.9. The van der Waals surface area contributed by atoms with Gasteiger partial charge in [-0.05, 0) is 80.1 Å². The number of esters is 1. The topological polar surface area (TPSA) is 178 Å². The fraction of sp³-hybridized carbons (Fsp3) is 0.833. The summed E-state index contributed by atoms with van der Waals surface area (Å²) in [5.74, 6) is 4.81. The molecule has 12 heteroatoms. The highest BCUT2D eigenvalue weighted by atomic mass is 16.6. The summed E-state index contributed by atoms with van der Waals surface area (Å²) in [5, 5.41) is 12.7. The van der Waals surface area contributed by atoms with Gasteiger partial charge in [-0.3, -0.25) is 15.0 Å². The molecule has 0 atom stereocenters. The number of hydrogen-bond donors (Lipinski definition) is 5. The average molecular weight is 515 g/mol. The smallest absolute Gasteiger partial charge is 0.408 e. The monoisotopic (exact) mass is 514 g/mol. The van der Waals surface area contributed by atoms with Gasteiger partial charge in [0.2, 0.25) is 5.91 Å². The number of nitrogens with one attached hydrogen (secondary N) is 3.